The monoisotopic (exact) mass is 450 g/mol. The molecule has 3 aromatic rings. The number of anilines is 1. The van der Waals surface area contributed by atoms with Gasteiger partial charge in [0.05, 0.1) is 10.7 Å². The maximum Gasteiger partial charge on any atom is 0.269 e. The minimum Gasteiger partial charge on any atom is -0.457 e. The molecule has 7 nitrogen and oxygen atoms in total. The molecule has 0 saturated heterocycles. The van der Waals surface area contributed by atoms with E-state index in [1.807, 2.05) is 18.2 Å². The summed E-state index contributed by atoms with van der Waals surface area (Å²) in [6.45, 7) is 0. The average molecular weight is 451 g/mol. The molecule has 2 amide bonds. The summed E-state index contributed by atoms with van der Waals surface area (Å²) in [7, 11) is 1.55. The number of hydrogen-bond donors (Lipinski definition) is 3. The lowest BCUT2D eigenvalue weighted by Gasteiger charge is -2.26. The Morgan fingerprint density at radius 1 is 1.06 bits per heavy atom. The number of aryl methyl sites for hydroxylation is 1. The second-order valence-electron chi connectivity index (χ2n) is 7.64. The number of halogens is 1. The summed E-state index contributed by atoms with van der Waals surface area (Å²) in [4.78, 5) is 28.5. The summed E-state index contributed by atoms with van der Waals surface area (Å²) in [6.07, 6.45) is 3.94. The van der Waals surface area contributed by atoms with Gasteiger partial charge in [0.1, 0.15) is 17.2 Å². The first-order valence-corrected chi connectivity index (χ1v) is 10.6. The van der Waals surface area contributed by atoms with E-state index in [0.717, 1.165) is 18.4 Å². The number of ether oxygens (including phenoxy) is 1. The van der Waals surface area contributed by atoms with Gasteiger partial charge in [0.2, 0.25) is 0 Å². The van der Waals surface area contributed by atoms with Gasteiger partial charge in [-0.15, -0.1) is 0 Å². The number of nitrogens with one attached hydrogen (secondary N) is 2. The Hall–Kier alpha value is -3.58. The van der Waals surface area contributed by atoms with Crippen LogP contribution in [0.5, 0.6) is 11.5 Å². The standard InChI is InChI=1S/C24H23ClN4O3/c1-27-24(31)22-13-19(8-9-28-22)32-18-6-3-14-2-5-17(10-16(14)11-18)29-23(30)15-4-7-20(25)21(26)12-15/h3-4,6-9,11-13,17H,2,5,10,26H2,1H3,(H,27,31)(H,29,30). The summed E-state index contributed by atoms with van der Waals surface area (Å²) in [5.74, 6) is 0.740. The Morgan fingerprint density at radius 3 is 2.66 bits per heavy atom. The van der Waals surface area contributed by atoms with Crippen LogP contribution in [0.4, 0.5) is 5.69 Å². The van der Waals surface area contributed by atoms with Crippen molar-refractivity contribution in [3.8, 4) is 11.5 Å². The van der Waals surface area contributed by atoms with Crippen LogP contribution in [0.25, 0.3) is 0 Å². The molecule has 32 heavy (non-hydrogen) atoms. The summed E-state index contributed by atoms with van der Waals surface area (Å²) < 4.78 is 5.96. The van der Waals surface area contributed by atoms with Crippen molar-refractivity contribution in [2.45, 2.75) is 25.3 Å². The molecule has 0 bridgehead atoms. The van der Waals surface area contributed by atoms with E-state index in [-0.39, 0.29) is 23.6 Å². The topological polar surface area (TPSA) is 106 Å². The molecule has 2 aromatic carbocycles. The molecule has 0 spiro atoms. The largest absolute Gasteiger partial charge is 0.457 e. The Bertz CT molecular complexity index is 1180. The highest BCUT2D eigenvalue weighted by atomic mass is 35.5. The predicted molar refractivity (Wildman–Crippen MR) is 123 cm³/mol. The van der Waals surface area contributed by atoms with Crippen LogP contribution in [0.2, 0.25) is 5.02 Å². The molecule has 1 atom stereocenters. The number of benzene rings is 2. The molecular weight excluding hydrogens is 428 g/mol. The lowest BCUT2D eigenvalue weighted by Crippen LogP contribution is -2.38. The fourth-order valence-corrected chi connectivity index (χ4v) is 3.85. The Kier molecular flexibility index (Phi) is 6.28. The zero-order valence-electron chi connectivity index (χ0n) is 17.5. The second-order valence-corrected chi connectivity index (χ2v) is 8.05. The molecule has 1 heterocycles. The SMILES string of the molecule is CNC(=O)c1cc(Oc2ccc3c(c2)CC(NC(=O)c2ccc(Cl)c(N)c2)CC3)ccn1. The van der Waals surface area contributed by atoms with E-state index < -0.39 is 0 Å². The number of carbonyl (C=O) groups is 2. The molecule has 0 saturated carbocycles. The second kappa shape index (κ2) is 9.28. The molecule has 8 heteroatoms. The van der Waals surface area contributed by atoms with Crippen molar-refractivity contribution in [2.24, 2.45) is 0 Å². The van der Waals surface area contributed by atoms with Gasteiger partial charge < -0.3 is 21.1 Å². The highest BCUT2D eigenvalue weighted by Gasteiger charge is 2.22. The van der Waals surface area contributed by atoms with E-state index in [1.54, 1.807) is 37.4 Å². The summed E-state index contributed by atoms with van der Waals surface area (Å²) >= 11 is 5.95. The third-order valence-corrected chi connectivity index (χ3v) is 5.77. The number of nitrogens with two attached hydrogens (primary N) is 1. The molecule has 4 rings (SSSR count). The van der Waals surface area contributed by atoms with E-state index in [1.165, 1.54) is 11.8 Å². The average Bonchev–Trinajstić information content (AvgIpc) is 2.80. The smallest absolute Gasteiger partial charge is 0.269 e. The van der Waals surface area contributed by atoms with Crippen molar-refractivity contribution in [3.63, 3.8) is 0 Å². The van der Waals surface area contributed by atoms with Crippen molar-refractivity contribution >= 4 is 29.1 Å². The summed E-state index contributed by atoms with van der Waals surface area (Å²) in [6, 6.07) is 14.1. The van der Waals surface area contributed by atoms with Crippen molar-refractivity contribution in [1.29, 1.82) is 0 Å². The number of nitrogens with zero attached hydrogens (tertiary/aromatic N) is 1. The fraction of sp³-hybridized carbons (Fsp3) is 0.208. The third kappa shape index (κ3) is 4.84. The molecule has 0 aliphatic heterocycles. The Morgan fingerprint density at radius 2 is 1.88 bits per heavy atom. The molecule has 0 radical (unpaired) electrons. The molecule has 1 aliphatic carbocycles. The highest BCUT2D eigenvalue weighted by molar-refractivity contribution is 6.33. The number of aromatic nitrogens is 1. The van der Waals surface area contributed by atoms with Gasteiger partial charge in [-0.3, -0.25) is 14.6 Å². The summed E-state index contributed by atoms with van der Waals surface area (Å²) in [5.41, 5.74) is 9.32. The lowest BCUT2D eigenvalue weighted by atomic mass is 9.88. The molecule has 4 N–H and O–H groups in total. The van der Waals surface area contributed by atoms with E-state index in [9.17, 15) is 9.59 Å². The highest BCUT2D eigenvalue weighted by Crippen LogP contribution is 2.29. The quantitative estimate of drug-likeness (QED) is 0.513. The van der Waals surface area contributed by atoms with Gasteiger partial charge in [0.25, 0.3) is 11.8 Å². The predicted octanol–water partition coefficient (Wildman–Crippen LogP) is 3.76. The number of amides is 2. The number of hydrogen-bond acceptors (Lipinski definition) is 5. The maximum atomic E-state index is 12.6. The van der Waals surface area contributed by atoms with Gasteiger partial charge in [-0.1, -0.05) is 17.7 Å². The number of nitrogen functional groups attached to an aromatic ring is 1. The first-order valence-electron chi connectivity index (χ1n) is 10.3. The molecule has 0 fully saturated rings. The zero-order chi connectivity index (χ0) is 22.7. The van der Waals surface area contributed by atoms with Crippen LogP contribution in [0.3, 0.4) is 0 Å². The van der Waals surface area contributed by atoms with Crippen molar-refractivity contribution in [1.82, 2.24) is 15.6 Å². The van der Waals surface area contributed by atoms with Gasteiger partial charge >= 0.3 is 0 Å². The normalized spacial score (nSPS) is 14.9. The molecular formula is C24H23ClN4O3. The van der Waals surface area contributed by atoms with Crippen LogP contribution in [-0.2, 0) is 12.8 Å². The van der Waals surface area contributed by atoms with Crippen molar-refractivity contribution in [3.05, 3.63) is 82.1 Å². The minimum absolute atomic E-state index is 0.00271. The molecule has 1 aromatic heterocycles. The fourth-order valence-electron chi connectivity index (χ4n) is 3.74. The van der Waals surface area contributed by atoms with Crippen LogP contribution >= 0.6 is 11.6 Å². The van der Waals surface area contributed by atoms with Crippen LogP contribution in [0.15, 0.2) is 54.7 Å². The molecule has 1 unspecified atom stereocenters. The Labute approximate surface area is 190 Å². The van der Waals surface area contributed by atoms with Gasteiger partial charge in [-0.25, -0.2) is 0 Å². The number of pyridine rings is 1. The first-order chi connectivity index (χ1) is 15.4. The van der Waals surface area contributed by atoms with Crippen molar-refractivity contribution in [2.75, 3.05) is 12.8 Å². The molecule has 1 aliphatic rings. The zero-order valence-corrected chi connectivity index (χ0v) is 18.3. The van der Waals surface area contributed by atoms with Crippen LogP contribution in [0.1, 0.15) is 38.4 Å². The van der Waals surface area contributed by atoms with Gasteiger partial charge in [-0.2, -0.15) is 0 Å². The van der Waals surface area contributed by atoms with E-state index in [2.05, 4.69) is 15.6 Å². The van der Waals surface area contributed by atoms with Gasteiger partial charge in [0.15, 0.2) is 0 Å². The maximum absolute atomic E-state index is 12.6. The third-order valence-electron chi connectivity index (χ3n) is 5.43. The number of rotatable bonds is 5. The van der Waals surface area contributed by atoms with E-state index in [0.29, 0.717) is 34.2 Å². The summed E-state index contributed by atoms with van der Waals surface area (Å²) in [5, 5.41) is 6.06. The number of carbonyl (C=O) groups excluding carboxylic acids is 2. The Balaban J connectivity index is 1.45. The van der Waals surface area contributed by atoms with Gasteiger partial charge in [0, 0.05) is 30.9 Å². The minimum atomic E-state index is -0.276. The first kappa shape index (κ1) is 21.6. The lowest BCUT2D eigenvalue weighted by molar-refractivity contribution is 0.0931. The van der Waals surface area contributed by atoms with Crippen LogP contribution < -0.4 is 21.1 Å². The van der Waals surface area contributed by atoms with Gasteiger partial charge in [-0.05, 0) is 66.8 Å². The number of fused-ring (bicyclic) bond motifs is 1. The van der Waals surface area contributed by atoms with Crippen LogP contribution in [-0.4, -0.2) is 29.9 Å². The molecule has 164 valence electrons. The van der Waals surface area contributed by atoms with Crippen molar-refractivity contribution < 1.29 is 14.3 Å². The van der Waals surface area contributed by atoms with E-state index >= 15 is 0 Å². The van der Waals surface area contributed by atoms with E-state index in [4.69, 9.17) is 22.1 Å². The van der Waals surface area contributed by atoms with Crippen LogP contribution in [0, 0.1) is 0 Å².